The summed E-state index contributed by atoms with van der Waals surface area (Å²) in [7, 11) is 0. The molecule has 1 aromatic rings. The molecule has 0 aliphatic rings. The van der Waals surface area contributed by atoms with Gasteiger partial charge in [0.1, 0.15) is 11.4 Å². The molecule has 0 bridgehead atoms. The summed E-state index contributed by atoms with van der Waals surface area (Å²) in [6.07, 6.45) is -0.542. The molecule has 0 radical (unpaired) electrons. The van der Waals surface area contributed by atoms with Crippen molar-refractivity contribution in [2.45, 2.75) is 26.4 Å². The topological polar surface area (TPSA) is 126 Å². The van der Waals surface area contributed by atoms with Crippen molar-refractivity contribution in [3.63, 3.8) is 0 Å². The van der Waals surface area contributed by atoms with Crippen LogP contribution in [-0.4, -0.2) is 39.9 Å². The Balaban J connectivity index is 2.41. The van der Waals surface area contributed by atoms with E-state index in [0.29, 0.717) is 6.54 Å². The zero-order valence-electron chi connectivity index (χ0n) is 13.6. The lowest BCUT2D eigenvalue weighted by Crippen LogP contribution is -2.39. The first-order chi connectivity index (χ1) is 11.1. The van der Waals surface area contributed by atoms with Crippen molar-refractivity contribution in [2.75, 3.05) is 18.4 Å². The molecule has 0 heterocycles. The first kappa shape index (κ1) is 19.4. The Hall–Kier alpha value is -2.62. The van der Waals surface area contributed by atoms with Gasteiger partial charge in [-0.05, 0) is 39.1 Å². The summed E-state index contributed by atoms with van der Waals surface area (Å²) in [6.45, 7) is 5.85. The fourth-order valence-corrected chi connectivity index (χ4v) is 1.77. The third-order valence-electron chi connectivity index (χ3n) is 2.52. The van der Waals surface area contributed by atoms with E-state index in [1.54, 1.807) is 20.8 Å². The Morgan fingerprint density at radius 2 is 1.96 bits per heavy atom. The molecule has 1 rings (SSSR count). The molecule has 0 fully saturated rings. The molecule has 0 aromatic heterocycles. The van der Waals surface area contributed by atoms with Gasteiger partial charge in [0.15, 0.2) is 5.11 Å². The Bertz CT molecular complexity index is 630. The standard InChI is InChI=1S/C14H20N4O5S/c1-14(2,3)23-13(20)16-7-6-15-12(24)17-10-8-9(18(21)22)4-5-11(10)19/h4-5,8,19H,6-7H2,1-3H3,(H,16,20)(H2,15,17,24). The average molecular weight is 356 g/mol. The number of carbonyl (C=O) groups excluding carboxylic acids is 1. The first-order valence-electron chi connectivity index (χ1n) is 7.07. The number of ether oxygens (including phenoxy) is 1. The number of rotatable bonds is 5. The number of thiocarbonyl (C=S) groups is 1. The minimum absolute atomic E-state index is 0.113. The molecule has 1 aromatic carbocycles. The highest BCUT2D eigenvalue weighted by molar-refractivity contribution is 7.80. The molecule has 0 atom stereocenters. The van der Waals surface area contributed by atoms with Gasteiger partial charge in [-0.3, -0.25) is 10.1 Å². The highest BCUT2D eigenvalue weighted by Crippen LogP contribution is 2.27. The van der Waals surface area contributed by atoms with E-state index in [2.05, 4.69) is 16.0 Å². The van der Waals surface area contributed by atoms with Gasteiger partial charge < -0.3 is 25.8 Å². The zero-order chi connectivity index (χ0) is 18.3. The number of phenolic OH excluding ortho intramolecular Hbond substituents is 1. The number of anilines is 1. The number of benzene rings is 1. The van der Waals surface area contributed by atoms with Gasteiger partial charge in [0, 0.05) is 25.2 Å². The summed E-state index contributed by atoms with van der Waals surface area (Å²) in [4.78, 5) is 21.6. The van der Waals surface area contributed by atoms with Crippen LogP contribution < -0.4 is 16.0 Å². The Labute approximate surface area is 144 Å². The SMILES string of the molecule is CC(C)(C)OC(=O)NCCNC(=S)Nc1cc([N+](=O)[O-])ccc1O. The van der Waals surface area contributed by atoms with Crippen LogP contribution in [0.1, 0.15) is 20.8 Å². The monoisotopic (exact) mass is 356 g/mol. The predicted octanol–water partition coefficient (Wildman–Crippen LogP) is 2.11. The molecule has 24 heavy (non-hydrogen) atoms. The summed E-state index contributed by atoms with van der Waals surface area (Å²) in [5.74, 6) is -0.170. The highest BCUT2D eigenvalue weighted by atomic mass is 32.1. The van der Waals surface area contributed by atoms with Crippen LogP contribution in [0.3, 0.4) is 0 Å². The zero-order valence-corrected chi connectivity index (χ0v) is 14.4. The van der Waals surface area contributed by atoms with Crippen LogP contribution in [-0.2, 0) is 4.74 Å². The summed E-state index contributed by atoms with van der Waals surface area (Å²) in [6, 6.07) is 3.55. The molecule has 1 amide bonds. The van der Waals surface area contributed by atoms with Gasteiger partial charge in [0.05, 0.1) is 10.6 Å². The van der Waals surface area contributed by atoms with Crippen molar-refractivity contribution in [3.8, 4) is 5.75 Å². The quantitative estimate of drug-likeness (QED) is 0.208. The molecular formula is C14H20N4O5S. The van der Waals surface area contributed by atoms with Gasteiger partial charge >= 0.3 is 6.09 Å². The number of nitrogens with one attached hydrogen (secondary N) is 3. The van der Waals surface area contributed by atoms with Gasteiger partial charge in [-0.1, -0.05) is 0 Å². The number of alkyl carbamates (subject to hydrolysis) is 1. The van der Waals surface area contributed by atoms with Crippen LogP contribution in [0.25, 0.3) is 0 Å². The number of nitrogens with zero attached hydrogens (tertiary/aromatic N) is 1. The molecular weight excluding hydrogens is 336 g/mol. The number of hydrogen-bond acceptors (Lipinski definition) is 6. The second-order valence-electron chi connectivity index (χ2n) is 5.77. The van der Waals surface area contributed by atoms with Crippen LogP contribution in [0.4, 0.5) is 16.2 Å². The maximum atomic E-state index is 11.4. The molecule has 0 aliphatic carbocycles. The number of nitro groups is 1. The molecule has 0 spiro atoms. The van der Waals surface area contributed by atoms with Gasteiger partial charge in [-0.25, -0.2) is 4.79 Å². The van der Waals surface area contributed by atoms with E-state index in [0.717, 1.165) is 0 Å². The third kappa shape index (κ3) is 7.09. The van der Waals surface area contributed by atoms with Crippen LogP contribution in [0, 0.1) is 10.1 Å². The van der Waals surface area contributed by atoms with Crippen LogP contribution in [0.15, 0.2) is 18.2 Å². The normalized spacial score (nSPS) is 10.6. The molecule has 10 heteroatoms. The summed E-state index contributed by atoms with van der Waals surface area (Å²) >= 11 is 5.02. The lowest BCUT2D eigenvalue weighted by molar-refractivity contribution is -0.384. The molecule has 132 valence electrons. The lowest BCUT2D eigenvalue weighted by Gasteiger charge is -2.19. The van der Waals surface area contributed by atoms with Crippen molar-refractivity contribution in [1.29, 1.82) is 0 Å². The molecule has 0 saturated heterocycles. The highest BCUT2D eigenvalue weighted by Gasteiger charge is 2.15. The van der Waals surface area contributed by atoms with Crippen LogP contribution in [0.5, 0.6) is 5.75 Å². The van der Waals surface area contributed by atoms with Crippen LogP contribution in [0.2, 0.25) is 0 Å². The number of hydrogen-bond donors (Lipinski definition) is 4. The number of non-ortho nitro benzene ring substituents is 1. The summed E-state index contributed by atoms with van der Waals surface area (Å²) < 4.78 is 5.07. The first-order valence-corrected chi connectivity index (χ1v) is 7.48. The van der Waals surface area contributed by atoms with E-state index in [1.165, 1.54) is 18.2 Å². The predicted molar refractivity (Wildman–Crippen MR) is 93.2 cm³/mol. The number of amides is 1. The fourth-order valence-electron chi connectivity index (χ4n) is 1.56. The summed E-state index contributed by atoms with van der Waals surface area (Å²) in [5, 5.41) is 28.5. The molecule has 0 aliphatic heterocycles. The second kappa shape index (κ2) is 8.29. The van der Waals surface area contributed by atoms with Gasteiger partial charge in [0.25, 0.3) is 5.69 Å². The van der Waals surface area contributed by atoms with E-state index >= 15 is 0 Å². The Morgan fingerprint density at radius 3 is 2.54 bits per heavy atom. The van der Waals surface area contributed by atoms with Crippen molar-refractivity contribution >= 4 is 34.8 Å². The Kier molecular flexibility index (Phi) is 6.71. The average Bonchev–Trinajstić information content (AvgIpc) is 2.44. The number of carbonyl (C=O) groups is 1. The van der Waals surface area contributed by atoms with Crippen molar-refractivity contribution < 1.29 is 19.6 Å². The molecule has 4 N–H and O–H groups in total. The van der Waals surface area contributed by atoms with E-state index in [-0.39, 0.29) is 28.8 Å². The second-order valence-corrected chi connectivity index (χ2v) is 6.18. The van der Waals surface area contributed by atoms with Crippen molar-refractivity contribution in [1.82, 2.24) is 10.6 Å². The minimum Gasteiger partial charge on any atom is -0.506 e. The molecule has 9 nitrogen and oxygen atoms in total. The van der Waals surface area contributed by atoms with E-state index in [9.17, 15) is 20.0 Å². The van der Waals surface area contributed by atoms with Crippen LogP contribution >= 0.6 is 12.2 Å². The fraction of sp³-hybridized carbons (Fsp3) is 0.429. The van der Waals surface area contributed by atoms with Gasteiger partial charge in [-0.2, -0.15) is 0 Å². The number of aromatic hydroxyl groups is 1. The van der Waals surface area contributed by atoms with E-state index in [4.69, 9.17) is 17.0 Å². The molecule has 0 saturated carbocycles. The maximum Gasteiger partial charge on any atom is 0.407 e. The van der Waals surface area contributed by atoms with Gasteiger partial charge in [-0.15, -0.1) is 0 Å². The number of phenols is 1. The number of nitro benzene ring substituents is 1. The Morgan fingerprint density at radius 1 is 1.33 bits per heavy atom. The van der Waals surface area contributed by atoms with E-state index < -0.39 is 16.6 Å². The maximum absolute atomic E-state index is 11.4. The lowest BCUT2D eigenvalue weighted by atomic mass is 10.2. The van der Waals surface area contributed by atoms with Gasteiger partial charge in [0.2, 0.25) is 0 Å². The smallest absolute Gasteiger partial charge is 0.407 e. The van der Waals surface area contributed by atoms with Crippen molar-refractivity contribution in [2.24, 2.45) is 0 Å². The van der Waals surface area contributed by atoms with Crippen molar-refractivity contribution in [3.05, 3.63) is 28.3 Å². The minimum atomic E-state index is -0.578. The summed E-state index contributed by atoms with van der Waals surface area (Å²) in [5.41, 5.74) is -0.639. The molecule has 0 unspecified atom stereocenters. The third-order valence-corrected chi connectivity index (χ3v) is 2.76. The largest absolute Gasteiger partial charge is 0.506 e. The van der Waals surface area contributed by atoms with E-state index in [1.807, 2.05) is 0 Å².